The highest BCUT2D eigenvalue weighted by molar-refractivity contribution is 6.30. The van der Waals surface area contributed by atoms with Crippen LogP contribution in [0.1, 0.15) is 19.3 Å². The van der Waals surface area contributed by atoms with Gasteiger partial charge in [-0.3, -0.25) is 14.5 Å². The average molecular weight is 297 g/mol. The van der Waals surface area contributed by atoms with E-state index in [9.17, 15) is 9.59 Å². The molecule has 1 saturated carbocycles. The molecule has 0 atom stereocenters. The topological polar surface area (TPSA) is 69.6 Å². The molecular formula is C14H17ClN2O3. The second kappa shape index (κ2) is 6.72. The molecule has 0 bridgehead atoms. The molecule has 0 saturated heterocycles. The first-order valence-corrected chi connectivity index (χ1v) is 6.93. The molecule has 0 aliphatic heterocycles. The summed E-state index contributed by atoms with van der Waals surface area (Å²) in [5.74, 6) is -0.990. The maximum atomic E-state index is 11.8. The van der Waals surface area contributed by atoms with Gasteiger partial charge in [-0.2, -0.15) is 0 Å². The van der Waals surface area contributed by atoms with Gasteiger partial charge >= 0.3 is 5.97 Å². The van der Waals surface area contributed by atoms with E-state index in [1.807, 2.05) is 4.90 Å². The van der Waals surface area contributed by atoms with Crippen LogP contribution in [-0.4, -0.2) is 41.0 Å². The Morgan fingerprint density at radius 1 is 1.40 bits per heavy atom. The van der Waals surface area contributed by atoms with Crippen molar-refractivity contribution in [1.82, 2.24) is 4.90 Å². The molecule has 0 aromatic heterocycles. The fourth-order valence-electron chi connectivity index (χ4n) is 2.04. The molecule has 0 radical (unpaired) electrons. The SMILES string of the molecule is O=C(O)CN(CCC(=O)Nc1cccc(Cl)c1)C1CC1. The van der Waals surface area contributed by atoms with Gasteiger partial charge in [0, 0.05) is 29.7 Å². The van der Waals surface area contributed by atoms with Crippen LogP contribution in [-0.2, 0) is 9.59 Å². The van der Waals surface area contributed by atoms with E-state index in [1.54, 1.807) is 24.3 Å². The van der Waals surface area contributed by atoms with E-state index in [2.05, 4.69) is 5.32 Å². The highest BCUT2D eigenvalue weighted by Crippen LogP contribution is 2.26. The number of aliphatic carboxylic acids is 1. The minimum absolute atomic E-state index is 0.00485. The Bertz CT molecular complexity index is 503. The maximum absolute atomic E-state index is 11.8. The lowest BCUT2D eigenvalue weighted by atomic mass is 10.3. The lowest BCUT2D eigenvalue weighted by molar-refractivity contribution is -0.138. The van der Waals surface area contributed by atoms with Crippen molar-refractivity contribution in [3.8, 4) is 0 Å². The van der Waals surface area contributed by atoms with Gasteiger partial charge in [-0.25, -0.2) is 0 Å². The number of hydrogen-bond acceptors (Lipinski definition) is 3. The number of rotatable bonds is 7. The van der Waals surface area contributed by atoms with Crippen LogP contribution in [0.15, 0.2) is 24.3 Å². The normalized spacial score (nSPS) is 14.3. The lowest BCUT2D eigenvalue weighted by Crippen LogP contribution is -2.34. The van der Waals surface area contributed by atoms with Crippen LogP contribution < -0.4 is 5.32 Å². The van der Waals surface area contributed by atoms with E-state index in [4.69, 9.17) is 16.7 Å². The Kier molecular flexibility index (Phi) is 4.98. The Morgan fingerprint density at radius 3 is 2.75 bits per heavy atom. The monoisotopic (exact) mass is 296 g/mol. The molecule has 2 N–H and O–H groups in total. The van der Waals surface area contributed by atoms with Crippen LogP contribution in [0.5, 0.6) is 0 Å². The van der Waals surface area contributed by atoms with Crippen molar-refractivity contribution in [1.29, 1.82) is 0 Å². The van der Waals surface area contributed by atoms with E-state index >= 15 is 0 Å². The number of nitrogens with one attached hydrogen (secondary N) is 1. The molecule has 20 heavy (non-hydrogen) atoms. The van der Waals surface area contributed by atoms with Gasteiger partial charge in [0.2, 0.25) is 5.91 Å². The Labute approximate surface area is 122 Å². The second-order valence-corrected chi connectivity index (χ2v) is 5.34. The summed E-state index contributed by atoms with van der Waals surface area (Å²) in [6, 6.07) is 7.26. The van der Waals surface area contributed by atoms with Crippen molar-refractivity contribution in [3.05, 3.63) is 29.3 Å². The summed E-state index contributed by atoms with van der Waals surface area (Å²) in [6.45, 7) is 0.457. The smallest absolute Gasteiger partial charge is 0.317 e. The summed E-state index contributed by atoms with van der Waals surface area (Å²) in [4.78, 5) is 24.4. The third-order valence-corrected chi connectivity index (χ3v) is 3.37. The van der Waals surface area contributed by atoms with Crippen molar-refractivity contribution in [2.45, 2.75) is 25.3 Å². The van der Waals surface area contributed by atoms with Crippen molar-refractivity contribution < 1.29 is 14.7 Å². The largest absolute Gasteiger partial charge is 0.480 e. The molecular weight excluding hydrogens is 280 g/mol. The quantitative estimate of drug-likeness (QED) is 0.809. The number of carbonyl (C=O) groups excluding carboxylic acids is 1. The molecule has 108 valence electrons. The molecule has 1 aromatic carbocycles. The van der Waals surface area contributed by atoms with E-state index in [0.717, 1.165) is 12.8 Å². The van der Waals surface area contributed by atoms with Gasteiger partial charge in [0.1, 0.15) is 0 Å². The molecule has 1 amide bonds. The third kappa shape index (κ3) is 4.83. The molecule has 0 unspecified atom stereocenters. The summed E-state index contributed by atoms with van der Waals surface area (Å²) < 4.78 is 0. The number of hydrogen-bond donors (Lipinski definition) is 2. The van der Waals surface area contributed by atoms with Gasteiger partial charge in [0.05, 0.1) is 6.54 Å². The van der Waals surface area contributed by atoms with E-state index in [1.165, 1.54) is 0 Å². The zero-order valence-electron chi connectivity index (χ0n) is 11.0. The molecule has 1 aliphatic rings. The number of benzene rings is 1. The van der Waals surface area contributed by atoms with Crippen molar-refractivity contribution >= 4 is 29.2 Å². The molecule has 6 heteroatoms. The summed E-state index contributed by atoms with van der Waals surface area (Å²) >= 11 is 5.84. The number of nitrogens with zero attached hydrogens (tertiary/aromatic N) is 1. The predicted octanol–water partition coefficient (Wildman–Crippen LogP) is 2.22. The number of amides is 1. The van der Waals surface area contributed by atoms with Crippen LogP contribution in [0, 0.1) is 0 Å². The van der Waals surface area contributed by atoms with Crippen molar-refractivity contribution in [3.63, 3.8) is 0 Å². The maximum Gasteiger partial charge on any atom is 0.317 e. The molecule has 0 heterocycles. The Morgan fingerprint density at radius 2 is 2.15 bits per heavy atom. The second-order valence-electron chi connectivity index (χ2n) is 4.90. The van der Waals surface area contributed by atoms with E-state index in [0.29, 0.717) is 23.3 Å². The summed E-state index contributed by atoms with van der Waals surface area (Å²) in [6.07, 6.45) is 2.31. The number of carboxylic acids is 1. The van der Waals surface area contributed by atoms with Gasteiger partial charge in [-0.15, -0.1) is 0 Å². The average Bonchev–Trinajstić information content (AvgIpc) is 3.18. The van der Waals surface area contributed by atoms with Crippen LogP contribution in [0.2, 0.25) is 5.02 Å². The number of carboxylic acid groups (broad SMARTS) is 1. The summed E-state index contributed by atoms with van der Waals surface area (Å²) in [5.41, 5.74) is 0.652. The molecule has 0 spiro atoms. The molecule has 1 fully saturated rings. The van der Waals surface area contributed by atoms with Crippen LogP contribution in [0.4, 0.5) is 5.69 Å². The van der Waals surface area contributed by atoms with Crippen LogP contribution in [0.3, 0.4) is 0 Å². The zero-order valence-corrected chi connectivity index (χ0v) is 11.8. The van der Waals surface area contributed by atoms with Gasteiger partial charge in [0.15, 0.2) is 0 Å². The summed E-state index contributed by atoms with van der Waals surface area (Å²) in [7, 11) is 0. The molecule has 2 rings (SSSR count). The van der Waals surface area contributed by atoms with Crippen molar-refractivity contribution in [2.24, 2.45) is 0 Å². The highest BCUT2D eigenvalue weighted by Gasteiger charge is 2.30. The Balaban J connectivity index is 1.80. The fraction of sp³-hybridized carbons (Fsp3) is 0.429. The number of halogens is 1. The zero-order chi connectivity index (χ0) is 14.5. The first kappa shape index (κ1) is 14.8. The first-order chi connectivity index (χ1) is 9.54. The molecule has 1 aliphatic carbocycles. The van der Waals surface area contributed by atoms with E-state index in [-0.39, 0.29) is 18.9 Å². The van der Waals surface area contributed by atoms with E-state index < -0.39 is 5.97 Å². The minimum Gasteiger partial charge on any atom is -0.480 e. The van der Waals surface area contributed by atoms with Gasteiger partial charge in [-0.1, -0.05) is 17.7 Å². The standard InChI is InChI=1S/C14H17ClN2O3/c15-10-2-1-3-11(8-10)16-13(18)6-7-17(9-14(19)20)12-4-5-12/h1-3,8,12H,4-7,9H2,(H,16,18)(H,19,20). The van der Waals surface area contributed by atoms with Gasteiger partial charge in [-0.05, 0) is 31.0 Å². The predicted molar refractivity (Wildman–Crippen MR) is 76.9 cm³/mol. The van der Waals surface area contributed by atoms with Gasteiger partial charge < -0.3 is 10.4 Å². The number of anilines is 1. The minimum atomic E-state index is -0.854. The molecule has 5 nitrogen and oxygen atoms in total. The van der Waals surface area contributed by atoms with Crippen LogP contribution in [0.25, 0.3) is 0 Å². The highest BCUT2D eigenvalue weighted by atomic mass is 35.5. The third-order valence-electron chi connectivity index (χ3n) is 3.14. The van der Waals surface area contributed by atoms with Crippen molar-refractivity contribution in [2.75, 3.05) is 18.4 Å². The molecule has 1 aromatic rings. The number of carbonyl (C=O) groups is 2. The fourth-order valence-corrected chi connectivity index (χ4v) is 2.23. The lowest BCUT2D eigenvalue weighted by Gasteiger charge is -2.19. The first-order valence-electron chi connectivity index (χ1n) is 6.56. The van der Waals surface area contributed by atoms with Crippen LogP contribution >= 0.6 is 11.6 Å². The van der Waals surface area contributed by atoms with Gasteiger partial charge in [0.25, 0.3) is 0 Å². The Hall–Kier alpha value is -1.59. The summed E-state index contributed by atoms with van der Waals surface area (Å²) in [5, 5.41) is 12.2.